The topological polar surface area (TPSA) is 66.5 Å². The summed E-state index contributed by atoms with van der Waals surface area (Å²) in [5.41, 5.74) is 2.06. The number of hydrogen-bond donors (Lipinski definition) is 1. The molecule has 0 bridgehead atoms. The average molecular weight is 441 g/mol. The van der Waals surface area contributed by atoms with E-state index >= 15 is 0 Å². The second-order valence-corrected chi connectivity index (χ2v) is 9.16. The van der Waals surface area contributed by atoms with Crippen LogP contribution in [0.15, 0.2) is 78.9 Å². The summed E-state index contributed by atoms with van der Waals surface area (Å²) in [6, 6.07) is 21.9. The highest BCUT2D eigenvalue weighted by Crippen LogP contribution is 2.23. The Bertz CT molecular complexity index is 1130. The van der Waals surface area contributed by atoms with Gasteiger partial charge in [-0.3, -0.25) is 9.10 Å². The van der Waals surface area contributed by atoms with Gasteiger partial charge in [0.15, 0.2) is 0 Å². The largest absolute Gasteiger partial charge is 0.345 e. The second-order valence-electron chi connectivity index (χ2n) is 7.25. The van der Waals surface area contributed by atoms with E-state index in [2.05, 4.69) is 5.32 Å². The number of nitrogens with one attached hydrogen (secondary N) is 1. The zero-order valence-corrected chi connectivity index (χ0v) is 18.3. The molecule has 0 aliphatic heterocycles. The van der Waals surface area contributed by atoms with Crippen LogP contribution >= 0.6 is 0 Å². The van der Waals surface area contributed by atoms with Crippen molar-refractivity contribution in [3.63, 3.8) is 0 Å². The first-order valence-electron chi connectivity index (χ1n) is 9.96. The van der Waals surface area contributed by atoms with E-state index in [0.717, 1.165) is 22.5 Å². The minimum atomic E-state index is -3.66. The molecule has 0 aromatic heterocycles. The second kappa shape index (κ2) is 9.75. The fraction of sp³-hybridized carbons (Fsp3) is 0.208. The molecule has 0 aliphatic carbocycles. The highest BCUT2D eigenvalue weighted by Gasteiger charge is 2.20. The molecule has 7 heteroatoms. The van der Waals surface area contributed by atoms with Crippen molar-refractivity contribution < 1.29 is 17.6 Å². The summed E-state index contributed by atoms with van der Waals surface area (Å²) in [6.45, 7) is 1.86. The van der Waals surface area contributed by atoms with Crippen molar-refractivity contribution in [2.75, 3.05) is 10.6 Å². The minimum Gasteiger partial charge on any atom is -0.345 e. The number of anilines is 1. The maximum Gasteiger partial charge on any atom is 0.251 e. The molecule has 31 heavy (non-hydrogen) atoms. The third-order valence-corrected chi connectivity index (χ3v) is 6.15. The first kappa shape index (κ1) is 22.5. The maximum absolute atomic E-state index is 14.0. The molecule has 3 rings (SSSR count). The van der Waals surface area contributed by atoms with Gasteiger partial charge in [0.1, 0.15) is 5.82 Å². The third-order valence-electron chi connectivity index (χ3n) is 5.01. The SMILES string of the molecule is CC[C@@H](NC(=O)c1ccc(N(Cc2ccccc2F)S(C)(=O)=O)cc1)c1ccccc1. The average Bonchev–Trinajstić information content (AvgIpc) is 2.76. The minimum absolute atomic E-state index is 0.123. The van der Waals surface area contributed by atoms with Gasteiger partial charge in [-0.1, -0.05) is 55.5 Å². The quantitative estimate of drug-likeness (QED) is 0.553. The number of sulfonamides is 1. The number of amides is 1. The van der Waals surface area contributed by atoms with Gasteiger partial charge in [0.05, 0.1) is 24.5 Å². The van der Waals surface area contributed by atoms with Crippen molar-refractivity contribution in [2.24, 2.45) is 0 Å². The molecule has 3 aromatic carbocycles. The Kier molecular flexibility index (Phi) is 7.07. The van der Waals surface area contributed by atoms with Crippen LogP contribution in [0, 0.1) is 5.82 Å². The number of rotatable bonds is 8. The Balaban J connectivity index is 1.79. The van der Waals surface area contributed by atoms with Gasteiger partial charge in [-0.2, -0.15) is 0 Å². The predicted octanol–water partition coefficient (Wildman–Crippen LogP) is 4.67. The Hall–Kier alpha value is -3.19. The van der Waals surface area contributed by atoms with Crippen LogP contribution in [0.2, 0.25) is 0 Å². The van der Waals surface area contributed by atoms with E-state index in [9.17, 15) is 17.6 Å². The number of carbonyl (C=O) groups excluding carboxylic acids is 1. The molecular formula is C24H25FN2O3S. The van der Waals surface area contributed by atoms with Crippen LogP contribution in [0.3, 0.4) is 0 Å². The Morgan fingerprint density at radius 1 is 0.968 bits per heavy atom. The lowest BCUT2D eigenvalue weighted by Gasteiger charge is -2.23. The van der Waals surface area contributed by atoms with Crippen LogP contribution in [-0.2, 0) is 16.6 Å². The van der Waals surface area contributed by atoms with Crippen LogP contribution in [-0.4, -0.2) is 20.6 Å². The van der Waals surface area contributed by atoms with Crippen molar-refractivity contribution in [1.29, 1.82) is 0 Å². The van der Waals surface area contributed by atoms with E-state index < -0.39 is 15.8 Å². The number of carbonyl (C=O) groups is 1. The molecule has 1 atom stereocenters. The molecule has 3 aromatic rings. The number of hydrogen-bond acceptors (Lipinski definition) is 3. The smallest absolute Gasteiger partial charge is 0.251 e. The zero-order valence-electron chi connectivity index (χ0n) is 17.5. The van der Waals surface area contributed by atoms with Gasteiger partial charge in [-0.05, 0) is 42.3 Å². The number of nitrogens with zero attached hydrogens (tertiary/aromatic N) is 1. The standard InChI is InChI=1S/C24H25FN2O3S/c1-3-23(18-9-5-4-6-10-18)26-24(28)19-13-15-21(16-14-19)27(31(2,29)30)17-20-11-7-8-12-22(20)25/h4-16,23H,3,17H2,1-2H3,(H,26,28)/t23-/m1/s1. The molecule has 162 valence electrons. The first-order valence-corrected chi connectivity index (χ1v) is 11.8. The summed E-state index contributed by atoms with van der Waals surface area (Å²) in [6.07, 6.45) is 1.80. The molecular weight excluding hydrogens is 415 g/mol. The lowest BCUT2D eigenvalue weighted by molar-refractivity contribution is 0.0935. The maximum atomic E-state index is 14.0. The molecule has 1 amide bonds. The van der Waals surface area contributed by atoms with Crippen molar-refractivity contribution in [3.05, 3.63) is 101 Å². The zero-order chi connectivity index (χ0) is 22.4. The van der Waals surface area contributed by atoms with Crippen LogP contribution in [0.4, 0.5) is 10.1 Å². The summed E-state index contributed by atoms with van der Waals surface area (Å²) in [5.74, 6) is -0.721. The highest BCUT2D eigenvalue weighted by atomic mass is 32.2. The highest BCUT2D eigenvalue weighted by molar-refractivity contribution is 7.92. The van der Waals surface area contributed by atoms with E-state index in [1.807, 2.05) is 37.3 Å². The van der Waals surface area contributed by atoms with Crippen molar-refractivity contribution in [3.8, 4) is 0 Å². The van der Waals surface area contributed by atoms with Crippen LogP contribution in [0.5, 0.6) is 0 Å². The molecule has 0 aliphatic rings. The fourth-order valence-electron chi connectivity index (χ4n) is 3.31. The fourth-order valence-corrected chi connectivity index (χ4v) is 4.19. The first-order chi connectivity index (χ1) is 14.8. The van der Waals surface area contributed by atoms with Gasteiger partial charge in [-0.15, -0.1) is 0 Å². The van der Waals surface area contributed by atoms with Gasteiger partial charge in [0, 0.05) is 11.1 Å². The predicted molar refractivity (Wildman–Crippen MR) is 121 cm³/mol. The van der Waals surface area contributed by atoms with Gasteiger partial charge in [0.2, 0.25) is 10.0 Å². The third kappa shape index (κ3) is 5.70. The van der Waals surface area contributed by atoms with E-state index in [4.69, 9.17) is 0 Å². The Labute approximate surface area is 182 Å². The molecule has 0 unspecified atom stereocenters. The molecule has 5 nitrogen and oxygen atoms in total. The number of benzene rings is 3. The van der Waals surface area contributed by atoms with Crippen LogP contribution < -0.4 is 9.62 Å². The Morgan fingerprint density at radius 2 is 1.58 bits per heavy atom. The van der Waals surface area contributed by atoms with E-state index in [0.29, 0.717) is 11.3 Å². The molecule has 0 spiro atoms. The summed E-state index contributed by atoms with van der Waals surface area (Å²) >= 11 is 0. The van der Waals surface area contributed by atoms with Crippen molar-refractivity contribution in [1.82, 2.24) is 5.32 Å². The van der Waals surface area contributed by atoms with Crippen LogP contribution in [0.25, 0.3) is 0 Å². The van der Waals surface area contributed by atoms with Gasteiger partial charge < -0.3 is 5.32 Å². The lowest BCUT2D eigenvalue weighted by Crippen LogP contribution is -2.30. The molecule has 0 heterocycles. The molecule has 0 radical (unpaired) electrons. The van der Waals surface area contributed by atoms with E-state index in [1.54, 1.807) is 42.5 Å². The normalized spacial score (nSPS) is 12.2. The van der Waals surface area contributed by atoms with Crippen LogP contribution in [0.1, 0.15) is 40.9 Å². The summed E-state index contributed by atoms with van der Waals surface area (Å²) in [5, 5.41) is 3.01. The molecule has 0 saturated carbocycles. The summed E-state index contributed by atoms with van der Waals surface area (Å²) in [7, 11) is -3.66. The molecule has 1 N–H and O–H groups in total. The van der Waals surface area contributed by atoms with Crippen molar-refractivity contribution >= 4 is 21.6 Å². The Morgan fingerprint density at radius 3 is 2.16 bits per heavy atom. The van der Waals surface area contributed by atoms with Gasteiger partial charge in [-0.25, -0.2) is 12.8 Å². The van der Waals surface area contributed by atoms with E-state index in [1.165, 1.54) is 6.07 Å². The summed E-state index contributed by atoms with van der Waals surface area (Å²) < 4.78 is 39.8. The van der Waals surface area contributed by atoms with Gasteiger partial charge in [0.25, 0.3) is 5.91 Å². The van der Waals surface area contributed by atoms with Crippen molar-refractivity contribution in [2.45, 2.75) is 25.9 Å². The monoisotopic (exact) mass is 440 g/mol. The summed E-state index contributed by atoms with van der Waals surface area (Å²) in [4.78, 5) is 12.7. The van der Waals surface area contributed by atoms with E-state index in [-0.39, 0.29) is 24.1 Å². The molecule has 0 fully saturated rings. The molecule has 0 saturated heterocycles. The van der Waals surface area contributed by atoms with Gasteiger partial charge >= 0.3 is 0 Å². The lowest BCUT2D eigenvalue weighted by atomic mass is 10.0. The number of halogens is 1.